The molecule has 0 bridgehead atoms. The Kier molecular flexibility index (Phi) is 5.94. The molecule has 1 aromatic rings. The van der Waals surface area contributed by atoms with Crippen LogP contribution in [0.1, 0.15) is 40.5 Å². The first kappa shape index (κ1) is 16.4. The zero-order valence-corrected chi connectivity index (χ0v) is 12.7. The number of hydrogen-bond acceptors (Lipinski definition) is 7. The number of aliphatic hydroxyl groups excluding tert-OH is 1. The number of nitrogens with one attached hydrogen (secondary N) is 1. The third-order valence-corrected chi connectivity index (χ3v) is 2.41. The summed E-state index contributed by atoms with van der Waals surface area (Å²) in [6.07, 6.45) is 1.06. The number of nitrogens with two attached hydrogens (primary N) is 1. The number of aliphatic hydroxyl groups is 1. The summed E-state index contributed by atoms with van der Waals surface area (Å²) < 4.78 is 5.32. The van der Waals surface area contributed by atoms with E-state index in [9.17, 15) is 5.11 Å². The third kappa shape index (κ3) is 6.51. The van der Waals surface area contributed by atoms with E-state index >= 15 is 0 Å². The molecule has 0 aromatic carbocycles. The summed E-state index contributed by atoms with van der Waals surface area (Å²) >= 11 is 0. The maximum Gasteiger partial charge on any atom is 0.323 e. The van der Waals surface area contributed by atoms with Crippen LogP contribution in [0.2, 0.25) is 0 Å². The van der Waals surface area contributed by atoms with E-state index in [4.69, 9.17) is 10.5 Å². The molecule has 0 fully saturated rings. The Hall–Kier alpha value is -1.63. The van der Waals surface area contributed by atoms with E-state index in [1.165, 1.54) is 0 Å². The molecular weight excluding hydrogens is 258 g/mol. The Morgan fingerprint density at radius 1 is 1.30 bits per heavy atom. The second-order valence-electron chi connectivity index (χ2n) is 5.95. The third-order valence-electron chi connectivity index (χ3n) is 2.41. The van der Waals surface area contributed by atoms with Gasteiger partial charge in [0.1, 0.15) is 0 Å². The van der Waals surface area contributed by atoms with Gasteiger partial charge in [0.05, 0.1) is 12.7 Å². The lowest BCUT2D eigenvalue weighted by molar-refractivity contribution is 0.132. The molecule has 7 heteroatoms. The van der Waals surface area contributed by atoms with E-state index in [0.717, 1.165) is 6.42 Å². The van der Waals surface area contributed by atoms with Crippen molar-refractivity contribution in [2.75, 3.05) is 24.2 Å². The monoisotopic (exact) mass is 283 g/mol. The summed E-state index contributed by atoms with van der Waals surface area (Å²) in [4.78, 5) is 11.9. The van der Waals surface area contributed by atoms with Gasteiger partial charge in [0, 0.05) is 6.54 Å². The maximum atomic E-state index is 9.93. The Bertz CT molecular complexity index is 420. The first-order valence-electron chi connectivity index (χ1n) is 6.86. The van der Waals surface area contributed by atoms with Crippen molar-refractivity contribution in [3.63, 3.8) is 0 Å². The van der Waals surface area contributed by atoms with Crippen molar-refractivity contribution >= 4 is 11.9 Å². The van der Waals surface area contributed by atoms with E-state index in [1.807, 2.05) is 6.92 Å². The smallest absolute Gasteiger partial charge is 0.323 e. The van der Waals surface area contributed by atoms with Crippen LogP contribution in [0.3, 0.4) is 0 Å². The minimum absolute atomic E-state index is 0.0641. The molecule has 114 valence electrons. The van der Waals surface area contributed by atoms with Crippen molar-refractivity contribution in [1.29, 1.82) is 0 Å². The first-order chi connectivity index (χ1) is 9.30. The van der Waals surface area contributed by atoms with Crippen LogP contribution in [-0.4, -0.2) is 39.3 Å². The van der Waals surface area contributed by atoms with Gasteiger partial charge in [0.2, 0.25) is 11.9 Å². The van der Waals surface area contributed by atoms with Crippen molar-refractivity contribution in [3.8, 4) is 6.01 Å². The van der Waals surface area contributed by atoms with E-state index < -0.39 is 6.10 Å². The van der Waals surface area contributed by atoms with Crippen LogP contribution < -0.4 is 15.8 Å². The van der Waals surface area contributed by atoms with Gasteiger partial charge in [-0.15, -0.1) is 0 Å². The zero-order valence-electron chi connectivity index (χ0n) is 12.7. The van der Waals surface area contributed by atoms with Crippen LogP contribution >= 0.6 is 0 Å². The molecule has 1 atom stereocenters. The molecule has 0 saturated heterocycles. The number of hydrogen-bond donors (Lipinski definition) is 3. The van der Waals surface area contributed by atoms with E-state index in [-0.39, 0.29) is 17.4 Å². The highest BCUT2D eigenvalue weighted by Gasteiger charge is 2.17. The molecule has 0 aliphatic rings. The highest BCUT2D eigenvalue weighted by Crippen LogP contribution is 2.20. The van der Waals surface area contributed by atoms with Crippen molar-refractivity contribution in [3.05, 3.63) is 0 Å². The molecule has 1 heterocycles. The van der Waals surface area contributed by atoms with Crippen LogP contribution in [0.25, 0.3) is 0 Å². The van der Waals surface area contributed by atoms with Crippen LogP contribution in [0.5, 0.6) is 6.01 Å². The fraction of sp³-hybridized carbons (Fsp3) is 0.769. The summed E-state index contributed by atoms with van der Waals surface area (Å²) in [6.45, 7) is 9.10. The van der Waals surface area contributed by atoms with Gasteiger partial charge in [0.25, 0.3) is 0 Å². The highest BCUT2D eigenvalue weighted by molar-refractivity contribution is 5.32. The van der Waals surface area contributed by atoms with Crippen molar-refractivity contribution in [2.45, 2.75) is 46.6 Å². The normalized spacial score (nSPS) is 13.1. The Balaban J connectivity index is 2.56. The molecule has 0 aliphatic carbocycles. The van der Waals surface area contributed by atoms with Gasteiger partial charge in [-0.3, -0.25) is 0 Å². The van der Waals surface area contributed by atoms with Crippen LogP contribution in [0.15, 0.2) is 0 Å². The largest absolute Gasteiger partial charge is 0.463 e. The molecule has 0 amide bonds. The average Bonchev–Trinajstić information content (AvgIpc) is 2.31. The van der Waals surface area contributed by atoms with Crippen molar-refractivity contribution < 1.29 is 9.84 Å². The molecule has 0 aliphatic heterocycles. The van der Waals surface area contributed by atoms with Gasteiger partial charge in [0.15, 0.2) is 0 Å². The average molecular weight is 283 g/mol. The Morgan fingerprint density at radius 3 is 2.60 bits per heavy atom. The minimum Gasteiger partial charge on any atom is -0.463 e. The lowest BCUT2D eigenvalue weighted by Gasteiger charge is -2.22. The fourth-order valence-electron chi connectivity index (χ4n) is 1.70. The summed E-state index contributed by atoms with van der Waals surface area (Å²) in [5.74, 6) is 0.412. The Labute approximate surface area is 120 Å². The number of nitrogen functional groups attached to an aromatic ring is 1. The lowest BCUT2D eigenvalue weighted by atomic mass is 9.89. The van der Waals surface area contributed by atoms with E-state index in [0.29, 0.717) is 25.5 Å². The molecule has 7 nitrogen and oxygen atoms in total. The first-order valence-corrected chi connectivity index (χ1v) is 6.86. The van der Waals surface area contributed by atoms with Crippen molar-refractivity contribution in [1.82, 2.24) is 15.0 Å². The van der Waals surface area contributed by atoms with Crippen molar-refractivity contribution in [2.24, 2.45) is 5.41 Å². The number of nitrogens with zero attached hydrogens (tertiary/aromatic N) is 3. The highest BCUT2D eigenvalue weighted by atomic mass is 16.5. The molecule has 0 radical (unpaired) electrons. The van der Waals surface area contributed by atoms with Gasteiger partial charge < -0.3 is 20.9 Å². The van der Waals surface area contributed by atoms with Gasteiger partial charge in [-0.1, -0.05) is 27.7 Å². The Morgan fingerprint density at radius 2 is 2.00 bits per heavy atom. The summed E-state index contributed by atoms with van der Waals surface area (Å²) in [7, 11) is 0. The summed E-state index contributed by atoms with van der Waals surface area (Å²) in [6, 6.07) is 0.201. The second-order valence-corrected chi connectivity index (χ2v) is 5.95. The number of rotatable bonds is 7. The quantitative estimate of drug-likeness (QED) is 0.695. The van der Waals surface area contributed by atoms with Crippen LogP contribution in [0, 0.1) is 5.41 Å². The minimum atomic E-state index is -0.479. The van der Waals surface area contributed by atoms with Gasteiger partial charge >= 0.3 is 6.01 Å². The van der Waals surface area contributed by atoms with Gasteiger partial charge in [-0.05, 0) is 18.3 Å². The molecule has 20 heavy (non-hydrogen) atoms. The molecule has 1 unspecified atom stereocenters. The molecule has 0 saturated carbocycles. The van der Waals surface area contributed by atoms with E-state index in [2.05, 4.69) is 41.0 Å². The second kappa shape index (κ2) is 7.23. The van der Waals surface area contributed by atoms with Gasteiger partial charge in [-0.25, -0.2) is 0 Å². The summed E-state index contributed by atoms with van der Waals surface area (Å²) in [5.41, 5.74) is 5.66. The van der Waals surface area contributed by atoms with Crippen LogP contribution in [-0.2, 0) is 0 Å². The number of ether oxygens (including phenoxy) is 1. The standard InChI is InChI=1S/C13H25N5O2/c1-5-6-20-12-17-10(14)16-11(18-12)15-8-9(19)7-13(2,3)4/h9,19H,5-8H2,1-4H3,(H3,14,15,16,17,18). The predicted octanol–water partition coefficient (Wildman–Crippen LogP) is 1.45. The molecule has 1 rings (SSSR count). The maximum absolute atomic E-state index is 9.93. The molecule has 0 spiro atoms. The van der Waals surface area contributed by atoms with E-state index in [1.54, 1.807) is 0 Å². The zero-order chi connectivity index (χ0) is 15.2. The van der Waals surface area contributed by atoms with Crippen LogP contribution in [0.4, 0.5) is 11.9 Å². The summed E-state index contributed by atoms with van der Waals surface area (Å²) in [5, 5.41) is 12.9. The molecule has 4 N–H and O–H groups in total. The van der Waals surface area contributed by atoms with Gasteiger partial charge in [-0.2, -0.15) is 15.0 Å². The molecule has 1 aromatic heterocycles. The lowest BCUT2D eigenvalue weighted by Crippen LogP contribution is -2.26. The predicted molar refractivity (Wildman–Crippen MR) is 78.6 cm³/mol. The SMILES string of the molecule is CCCOc1nc(N)nc(NCC(O)CC(C)(C)C)n1. The number of aromatic nitrogens is 3. The number of anilines is 2. The topological polar surface area (TPSA) is 106 Å². The fourth-order valence-corrected chi connectivity index (χ4v) is 1.70. The molecular formula is C13H25N5O2.